The molecule has 2 rings (SSSR count). The van der Waals surface area contributed by atoms with E-state index in [2.05, 4.69) is 26.1 Å². The highest BCUT2D eigenvalue weighted by atomic mass is 79.9. The average Bonchev–Trinajstić information content (AvgIpc) is 2.61. The second-order valence-electron chi connectivity index (χ2n) is 3.10. The van der Waals surface area contributed by atoms with Crippen molar-refractivity contribution in [2.45, 2.75) is 6.92 Å². The molecule has 1 N–H and O–H groups in total. The van der Waals surface area contributed by atoms with Gasteiger partial charge >= 0.3 is 5.97 Å². The van der Waals surface area contributed by atoms with Crippen LogP contribution in [-0.4, -0.2) is 22.8 Å². The number of fused-ring (bicyclic) bond motifs is 1. The third kappa shape index (κ3) is 1.92. The molecule has 1 heterocycles. The van der Waals surface area contributed by atoms with Crippen molar-refractivity contribution in [3.8, 4) is 0 Å². The highest BCUT2D eigenvalue weighted by Crippen LogP contribution is 2.28. The van der Waals surface area contributed by atoms with Gasteiger partial charge < -0.3 is 4.74 Å². The van der Waals surface area contributed by atoms with Crippen LogP contribution >= 0.6 is 27.5 Å². The molecule has 1 aromatic heterocycles. The number of nitrogens with one attached hydrogen (secondary N) is 1. The molecule has 0 unspecified atom stereocenters. The van der Waals surface area contributed by atoms with Gasteiger partial charge in [0.1, 0.15) is 5.52 Å². The molecular formula is C10H8BrClN2O2. The highest BCUT2D eigenvalue weighted by Gasteiger charge is 2.16. The Balaban J connectivity index is 2.60. The maximum Gasteiger partial charge on any atom is 0.356 e. The van der Waals surface area contributed by atoms with Crippen LogP contribution in [0.25, 0.3) is 10.9 Å². The predicted octanol–water partition coefficient (Wildman–Crippen LogP) is 3.16. The molecule has 0 amide bonds. The van der Waals surface area contributed by atoms with Crippen molar-refractivity contribution in [2.24, 2.45) is 0 Å². The number of aromatic amines is 1. The molecule has 1 aromatic carbocycles. The topological polar surface area (TPSA) is 55.0 Å². The van der Waals surface area contributed by atoms with Crippen LogP contribution in [0.5, 0.6) is 0 Å². The molecule has 0 aliphatic carbocycles. The number of hydrogen-bond acceptors (Lipinski definition) is 3. The predicted molar refractivity (Wildman–Crippen MR) is 64.8 cm³/mol. The molecule has 0 aliphatic rings. The van der Waals surface area contributed by atoms with Crippen LogP contribution in [0.3, 0.4) is 0 Å². The lowest BCUT2D eigenvalue weighted by Gasteiger charge is -1.99. The van der Waals surface area contributed by atoms with E-state index in [0.29, 0.717) is 28.2 Å². The minimum absolute atomic E-state index is 0.319. The lowest BCUT2D eigenvalue weighted by Crippen LogP contribution is -2.05. The maximum atomic E-state index is 11.6. The van der Waals surface area contributed by atoms with E-state index in [9.17, 15) is 4.79 Å². The van der Waals surface area contributed by atoms with E-state index in [1.54, 1.807) is 19.1 Å². The largest absolute Gasteiger partial charge is 0.461 e. The first-order valence-electron chi connectivity index (χ1n) is 4.63. The zero-order chi connectivity index (χ0) is 11.7. The van der Waals surface area contributed by atoms with Gasteiger partial charge in [0.25, 0.3) is 0 Å². The zero-order valence-electron chi connectivity index (χ0n) is 8.38. The Hall–Kier alpha value is -1.07. The van der Waals surface area contributed by atoms with Gasteiger partial charge in [0, 0.05) is 9.86 Å². The number of esters is 1. The lowest BCUT2D eigenvalue weighted by molar-refractivity contribution is 0.0521. The summed E-state index contributed by atoms with van der Waals surface area (Å²) in [6.45, 7) is 2.07. The van der Waals surface area contributed by atoms with Crippen LogP contribution < -0.4 is 0 Å². The van der Waals surface area contributed by atoms with Crippen molar-refractivity contribution in [1.29, 1.82) is 0 Å². The van der Waals surface area contributed by atoms with E-state index >= 15 is 0 Å². The fraction of sp³-hybridized carbons (Fsp3) is 0.200. The van der Waals surface area contributed by atoms with Gasteiger partial charge in [-0.1, -0.05) is 27.5 Å². The van der Waals surface area contributed by atoms with Crippen molar-refractivity contribution < 1.29 is 9.53 Å². The molecule has 2 aromatic rings. The number of hydrogen-bond donors (Lipinski definition) is 1. The lowest BCUT2D eigenvalue weighted by atomic mass is 10.2. The van der Waals surface area contributed by atoms with Gasteiger partial charge in [-0.25, -0.2) is 4.79 Å². The van der Waals surface area contributed by atoms with Gasteiger partial charge in [0.2, 0.25) is 0 Å². The first-order valence-corrected chi connectivity index (χ1v) is 5.80. The number of rotatable bonds is 2. The summed E-state index contributed by atoms with van der Waals surface area (Å²) >= 11 is 9.30. The molecule has 84 valence electrons. The van der Waals surface area contributed by atoms with E-state index in [-0.39, 0.29) is 0 Å². The fourth-order valence-corrected chi connectivity index (χ4v) is 2.25. The molecule has 6 heteroatoms. The first kappa shape index (κ1) is 11.4. The summed E-state index contributed by atoms with van der Waals surface area (Å²) in [5, 5.41) is 7.75. The third-order valence-electron chi connectivity index (χ3n) is 2.06. The quantitative estimate of drug-likeness (QED) is 0.867. The SMILES string of the molecule is CCOC(=O)c1[nH]nc2c(Cl)cc(Br)cc12. The smallest absolute Gasteiger partial charge is 0.356 e. The summed E-state index contributed by atoms with van der Waals surface area (Å²) in [5.41, 5.74) is 0.882. The van der Waals surface area contributed by atoms with Crippen LogP contribution in [0, 0.1) is 0 Å². The van der Waals surface area contributed by atoms with Crippen molar-refractivity contribution >= 4 is 44.4 Å². The van der Waals surface area contributed by atoms with Gasteiger partial charge in [0.05, 0.1) is 11.6 Å². The maximum absolute atomic E-state index is 11.6. The van der Waals surface area contributed by atoms with Crippen LogP contribution in [-0.2, 0) is 4.74 Å². The van der Waals surface area contributed by atoms with Crippen LogP contribution in [0.4, 0.5) is 0 Å². The number of ether oxygens (including phenoxy) is 1. The van der Waals surface area contributed by atoms with Crippen molar-refractivity contribution in [2.75, 3.05) is 6.61 Å². The van der Waals surface area contributed by atoms with Crippen molar-refractivity contribution in [1.82, 2.24) is 10.2 Å². The molecule has 0 bridgehead atoms. The van der Waals surface area contributed by atoms with Gasteiger partial charge in [-0.3, -0.25) is 5.10 Å². The van der Waals surface area contributed by atoms with Gasteiger partial charge in [0.15, 0.2) is 5.69 Å². The fourth-order valence-electron chi connectivity index (χ4n) is 1.40. The Morgan fingerprint density at radius 1 is 1.62 bits per heavy atom. The van der Waals surface area contributed by atoms with Crippen LogP contribution in [0.15, 0.2) is 16.6 Å². The summed E-state index contributed by atoms with van der Waals surface area (Å²) in [4.78, 5) is 11.6. The summed E-state index contributed by atoms with van der Waals surface area (Å²) in [6.07, 6.45) is 0. The van der Waals surface area contributed by atoms with Gasteiger partial charge in [-0.15, -0.1) is 0 Å². The number of halogens is 2. The molecule has 0 fully saturated rings. The Morgan fingerprint density at radius 2 is 2.38 bits per heavy atom. The Labute approximate surface area is 105 Å². The number of H-pyrrole nitrogens is 1. The molecule has 0 aliphatic heterocycles. The van der Waals surface area contributed by atoms with Crippen LogP contribution in [0.1, 0.15) is 17.4 Å². The molecule has 0 spiro atoms. The van der Waals surface area contributed by atoms with E-state index in [0.717, 1.165) is 4.47 Å². The number of nitrogens with zero attached hydrogens (tertiary/aromatic N) is 1. The molecule has 0 radical (unpaired) electrons. The third-order valence-corrected chi connectivity index (χ3v) is 2.80. The van der Waals surface area contributed by atoms with Crippen LogP contribution in [0.2, 0.25) is 5.02 Å². The Bertz CT molecular complexity index is 553. The van der Waals surface area contributed by atoms with Crippen molar-refractivity contribution in [3.05, 3.63) is 27.3 Å². The molecule has 0 saturated carbocycles. The Morgan fingerprint density at radius 3 is 3.06 bits per heavy atom. The molecule has 0 atom stereocenters. The molecule has 4 nitrogen and oxygen atoms in total. The Kier molecular flexibility index (Phi) is 3.16. The summed E-state index contributed by atoms with van der Waals surface area (Å²) in [6, 6.07) is 3.50. The zero-order valence-corrected chi connectivity index (χ0v) is 10.7. The highest BCUT2D eigenvalue weighted by molar-refractivity contribution is 9.10. The van der Waals surface area contributed by atoms with Gasteiger partial charge in [-0.05, 0) is 19.1 Å². The second kappa shape index (κ2) is 4.43. The standard InChI is InChI=1S/C10H8BrClN2O2/c1-2-16-10(15)9-6-3-5(11)4-7(12)8(6)13-14-9/h3-4H,2H2,1H3,(H,13,14). The first-order chi connectivity index (χ1) is 7.63. The molecule has 0 saturated heterocycles. The summed E-state index contributed by atoms with van der Waals surface area (Å²) in [7, 11) is 0. The summed E-state index contributed by atoms with van der Waals surface area (Å²) < 4.78 is 5.69. The summed E-state index contributed by atoms with van der Waals surface area (Å²) in [5.74, 6) is -0.431. The van der Waals surface area contributed by atoms with E-state index in [1.165, 1.54) is 0 Å². The second-order valence-corrected chi connectivity index (χ2v) is 4.43. The minimum atomic E-state index is -0.431. The number of carbonyl (C=O) groups is 1. The number of aromatic nitrogens is 2. The molecule has 16 heavy (non-hydrogen) atoms. The van der Waals surface area contributed by atoms with Gasteiger partial charge in [-0.2, -0.15) is 5.10 Å². The average molecular weight is 304 g/mol. The van der Waals surface area contributed by atoms with E-state index in [1.807, 2.05) is 0 Å². The minimum Gasteiger partial charge on any atom is -0.461 e. The number of benzene rings is 1. The van der Waals surface area contributed by atoms with Crippen molar-refractivity contribution in [3.63, 3.8) is 0 Å². The number of carbonyl (C=O) groups excluding carboxylic acids is 1. The monoisotopic (exact) mass is 302 g/mol. The van der Waals surface area contributed by atoms with E-state index < -0.39 is 5.97 Å². The normalized spacial score (nSPS) is 10.7. The van der Waals surface area contributed by atoms with E-state index in [4.69, 9.17) is 16.3 Å². The molecular weight excluding hydrogens is 295 g/mol.